The summed E-state index contributed by atoms with van der Waals surface area (Å²) in [6.45, 7) is 1.16. The van der Waals surface area contributed by atoms with E-state index < -0.39 is 10.0 Å². The number of hydrogen-bond acceptors (Lipinski definition) is 5. The zero-order chi connectivity index (χ0) is 19.6. The molecule has 1 amide bonds. The van der Waals surface area contributed by atoms with Crippen LogP contribution in [-0.2, 0) is 32.5 Å². The fraction of sp³-hybridized carbons (Fsp3) is 0.400. The lowest BCUT2D eigenvalue weighted by atomic mass is 10.0. The van der Waals surface area contributed by atoms with Crippen LogP contribution in [0.4, 0.5) is 5.69 Å². The molecule has 7 nitrogen and oxygen atoms in total. The van der Waals surface area contributed by atoms with E-state index in [0.29, 0.717) is 37.4 Å². The summed E-state index contributed by atoms with van der Waals surface area (Å²) in [5.74, 6) is -0.0433. The third-order valence-electron chi connectivity index (χ3n) is 5.11. The van der Waals surface area contributed by atoms with Crippen molar-refractivity contribution in [2.24, 2.45) is 0 Å². The van der Waals surface area contributed by atoms with Gasteiger partial charge in [0.1, 0.15) is 0 Å². The van der Waals surface area contributed by atoms with Crippen LogP contribution in [0.25, 0.3) is 0 Å². The number of hydrogen-bond donors (Lipinski definition) is 1. The van der Waals surface area contributed by atoms with E-state index in [1.54, 1.807) is 30.5 Å². The summed E-state index contributed by atoms with van der Waals surface area (Å²) >= 11 is 0. The predicted molar refractivity (Wildman–Crippen MR) is 104 cm³/mol. The lowest BCUT2D eigenvalue weighted by Crippen LogP contribution is -2.37. The standard InChI is InChI=1S/C20H23N3O4S/c24-20-9-6-15-12-18(7-8-19(15)22-20)28(25,26)23(14-17-5-3-11-27-17)13-16-4-1-2-10-21-16/h1-2,4,7-8,10,12,17H,3,5-6,9,11,13-14H2,(H,22,24). The molecule has 0 aliphatic carbocycles. The molecule has 1 aromatic heterocycles. The second-order valence-corrected chi connectivity index (χ2v) is 9.06. The van der Waals surface area contributed by atoms with Crippen LogP contribution in [0.5, 0.6) is 0 Å². The number of sulfonamides is 1. The van der Waals surface area contributed by atoms with Crippen molar-refractivity contribution in [3.05, 3.63) is 53.9 Å². The molecule has 8 heteroatoms. The summed E-state index contributed by atoms with van der Waals surface area (Å²) in [7, 11) is -3.73. The van der Waals surface area contributed by atoms with Gasteiger partial charge in [-0.15, -0.1) is 0 Å². The molecule has 0 saturated carbocycles. The number of fused-ring (bicyclic) bond motifs is 1. The Hall–Kier alpha value is -2.29. The van der Waals surface area contributed by atoms with Crippen LogP contribution in [0.2, 0.25) is 0 Å². The minimum Gasteiger partial charge on any atom is -0.377 e. The molecule has 28 heavy (non-hydrogen) atoms. The van der Waals surface area contributed by atoms with E-state index in [-0.39, 0.29) is 23.5 Å². The number of anilines is 1. The van der Waals surface area contributed by atoms with E-state index in [9.17, 15) is 13.2 Å². The van der Waals surface area contributed by atoms with Crippen molar-refractivity contribution in [2.45, 2.75) is 43.2 Å². The van der Waals surface area contributed by atoms with Gasteiger partial charge in [-0.2, -0.15) is 4.31 Å². The van der Waals surface area contributed by atoms with Gasteiger partial charge in [-0.3, -0.25) is 9.78 Å². The maximum atomic E-state index is 13.4. The smallest absolute Gasteiger partial charge is 0.243 e. The molecule has 2 aliphatic rings. The van der Waals surface area contributed by atoms with Gasteiger partial charge in [-0.1, -0.05) is 6.07 Å². The monoisotopic (exact) mass is 401 g/mol. The summed E-state index contributed by atoms with van der Waals surface area (Å²) in [6.07, 6.45) is 4.26. The van der Waals surface area contributed by atoms with Crippen LogP contribution >= 0.6 is 0 Å². The topological polar surface area (TPSA) is 88.6 Å². The zero-order valence-corrected chi connectivity index (χ0v) is 16.3. The molecule has 1 unspecified atom stereocenters. The van der Waals surface area contributed by atoms with Gasteiger partial charge in [-0.05, 0) is 55.2 Å². The number of benzene rings is 1. The molecular formula is C20H23N3O4S. The van der Waals surface area contributed by atoms with Gasteiger partial charge in [-0.25, -0.2) is 8.42 Å². The number of carbonyl (C=O) groups excluding carboxylic acids is 1. The lowest BCUT2D eigenvalue weighted by Gasteiger charge is -2.25. The Balaban J connectivity index is 1.64. The minimum absolute atomic E-state index is 0.0433. The normalized spacial score (nSPS) is 19.5. The highest BCUT2D eigenvalue weighted by molar-refractivity contribution is 7.89. The third kappa shape index (κ3) is 4.09. The van der Waals surface area contributed by atoms with Gasteiger partial charge in [0.25, 0.3) is 0 Å². The molecule has 1 fully saturated rings. The molecule has 0 radical (unpaired) electrons. The second kappa shape index (κ2) is 7.98. The number of aryl methyl sites for hydroxylation is 1. The van der Waals surface area contributed by atoms with Gasteiger partial charge in [0.05, 0.1) is 23.2 Å². The van der Waals surface area contributed by atoms with Crippen molar-refractivity contribution < 1.29 is 17.9 Å². The largest absolute Gasteiger partial charge is 0.377 e. The van der Waals surface area contributed by atoms with E-state index >= 15 is 0 Å². The zero-order valence-electron chi connectivity index (χ0n) is 15.5. The number of amides is 1. The Morgan fingerprint density at radius 3 is 2.86 bits per heavy atom. The molecule has 0 spiro atoms. The van der Waals surface area contributed by atoms with Gasteiger partial charge >= 0.3 is 0 Å². The molecule has 1 aromatic carbocycles. The molecule has 1 atom stereocenters. The summed E-state index contributed by atoms with van der Waals surface area (Å²) in [4.78, 5) is 16.1. The summed E-state index contributed by atoms with van der Waals surface area (Å²) in [5, 5.41) is 2.79. The quantitative estimate of drug-likeness (QED) is 0.803. The van der Waals surface area contributed by atoms with Crippen molar-refractivity contribution in [3.8, 4) is 0 Å². The van der Waals surface area contributed by atoms with Gasteiger partial charge in [0.15, 0.2) is 0 Å². The highest BCUT2D eigenvalue weighted by atomic mass is 32.2. The van der Waals surface area contributed by atoms with Crippen LogP contribution in [0.1, 0.15) is 30.5 Å². The van der Waals surface area contributed by atoms with Crippen LogP contribution in [0.15, 0.2) is 47.5 Å². The number of nitrogens with one attached hydrogen (secondary N) is 1. The van der Waals surface area contributed by atoms with E-state index in [1.807, 2.05) is 12.1 Å². The first kappa shape index (κ1) is 19.0. The van der Waals surface area contributed by atoms with E-state index in [0.717, 1.165) is 18.4 Å². The Morgan fingerprint density at radius 2 is 2.11 bits per heavy atom. The first-order chi connectivity index (χ1) is 13.5. The summed E-state index contributed by atoms with van der Waals surface area (Å²) in [5.41, 5.74) is 2.22. The maximum Gasteiger partial charge on any atom is 0.243 e. The molecule has 1 N–H and O–H groups in total. The van der Waals surface area contributed by atoms with Crippen molar-refractivity contribution in [3.63, 3.8) is 0 Å². The van der Waals surface area contributed by atoms with E-state index in [4.69, 9.17) is 4.74 Å². The summed E-state index contributed by atoms with van der Waals surface area (Å²) in [6, 6.07) is 10.4. The fourth-order valence-corrected chi connectivity index (χ4v) is 5.10. The average molecular weight is 401 g/mol. The molecule has 2 aromatic rings. The molecule has 3 heterocycles. The van der Waals surface area contributed by atoms with Crippen LogP contribution in [0, 0.1) is 0 Å². The number of aromatic nitrogens is 1. The Morgan fingerprint density at radius 1 is 1.21 bits per heavy atom. The highest BCUT2D eigenvalue weighted by Gasteiger charge is 2.30. The predicted octanol–water partition coefficient (Wildman–Crippen LogP) is 2.34. The van der Waals surface area contributed by atoms with Crippen LogP contribution < -0.4 is 5.32 Å². The molecule has 1 saturated heterocycles. The molecule has 4 rings (SSSR count). The highest BCUT2D eigenvalue weighted by Crippen LogP contribution is 2.28. The number of carbonyl (C=O) groups is 1. The van der Waals surface area contributed by atoms with Crippen molar-refractivity contribution in [2.75, 3.05) is 18.5 Å². The van der Waals surface area contributed by atoms with Crippen molar-refractivity contribution >= 4 is 21.6 Å². The average Bonchev–Trinajstić information content (AvgIpc) is 3.21. The maximum absolute atomic E-state index is 13.4. The van der Waals surface area contributed by atoms with Crippen LogP contribution in [0.3, 0.4) is 0 Å². The summed E-state index contributed by atoms with van der Waals surface area (Å²) < 4.78 is 34.0. The molecule has 0 bridgehead atoms. The third-order valence-corrected chi connectivity index (χ3v) is 6.91. The Kier molecular flexibility index (Phi) is 5.43. The van der Waals surface area contributed by atoms with E-state index in [2.05, 4.69) is 10.3 Å². The van der Waals surface area contributed by atoms with Gasteiger partial charge < -0.3 is 10.1 Å². The Bertz CT molecular complexity index is 957. The first-order valence-corrected chi connectivity index (χ1v) is 10.9. The molecular weight excluding hydrogens is 378 g/mol. The SMILES string of the molecule is O=C1CCc2cc(S(=O)(=O)N(Cc3ccccn3)CC3CCCO3)ccc2N1. The Labute approximate surface area is 164 Å². The first-order valence-electron chi connectivity index (χ1n) is 9.47. The lowest BCUT2D eigenvalue weighted by molar-refractivity contribution is -0.116. The number of rotatable bonds is 6. The van der Waals surface area contributed by atoms with Crippen molar-refractivity contribution in [1.29, 1.82) is 0 Å². The van der Waals surface area contributed by atoms with Crippen LogP contribution in [-0.4, -0.2) is 42.9 Å². The van der Waals surface area contributed by atoms with Gasteiger partial charge in [0.2, 0.25) is 15.9 Å². The minimum atomic E-state index is -3.73. The number of nitrogens with zero attached hydrogens (tertiary/aromatic N) is 2. The molecule has 148 valence electrons. The fourth-order valence-electron chi connectivity index (χ4n) is 3.60. The van der Waals surface area contributed by atoms with E-state index in [1.165, 1.54) is 4.31 Å². The molecule has 2 aliphatic heterocycles. The number of pyridine rings is 1. The second-order valence-electron chi connectivity index (χ2n) is 7.12. The van der Waals surface area contributed by atoms with Gasteiger partial charge in [0, 0.05) is 31.5 Å². The van der Waals surface area contributed by atoms with Crippen molar-refractivity contribution in [1.82, 2.24) is 9.29 Å². The number of ether oxygens (including phenoxy) is 1.